The Morgan fingerprint density at radius 1 is 1.42 bits per heavy atom. The van der Waals surface area contributed by atoms with Gasteiger partial charge in [0.1, 0.15) is 6.67 Å². The summed E-state index contributed by atoms with van der Waals surface area (Å²) in [5, 5.41) is 0. The number of hydrogen-bond acceptors (Lipinski definition) is 2. The molecule has 12 heavy (non-hydrogen) atoms. The molecule has 2 aliphatic heterocycles. The van der Waals surface area contributed by atoms with Gasteiger partial charge in [0, 0.05) is 18.5 Å². The van der Waals surface area contributed by atoms with Gasteiger partial charge in [-0.1, -0.05) is 0 Å². The van der Waals surface area contributed by atoms with E-state index in [1.54, 1.807) is 0 Å². The Balaban J connectivity index is 1.94. The van der Waals surface area contributed by atoms with E-state index in [4.69, 9.17) is 4.74 Å². The van der Waals surface area contributed by atoms with Crippen molar-refractivity contribution in [3.8, 4) is 0 Å². The van der Waals surface area contributed by atoms with Gasteiger partial charge in [0.25, 0.3) is 0 Å². The Kier molecular flexibility index (Phi) is 2.61. The van der Waals surface area contributed by atoms with Crippen LogP contribution in [-0.2, 0) is 4.74 Å². The van der Waals surface area contributed by atoms with Crippen LogP contribution in [0.3, 0.4) is 0 Å². The molecular formula is C9H16FNO. The van der Waals surface area contributed by atoms with Crippen LogP contribution in [0.5, 0.6) is 0 Å². The maximum absolute atomic E-state index is 12.2. The topological polar surface area (TPSA) is 12.5 Å². The molecule has 0 radical (unpaired) electrons. The predicted octanol–water partition coefficient (Wildman–Crippen LogP) is 1.07. The van der Waals surface area contributed by atoms with E-state index in [0.29, 0.717) is 18.5 Å². The predicted molar refractivity (Wildman–Crippen MR) is 44.9 cm³/mol. The second kappa shape index (κ2) is 3.71. The number of hydrogen-bond donors (Lipinski definition) is 0. The fourth-order valence-electron chi connectivity index (χ4n) is 2.38. The first kappa shape index (κ1) is 8.45. The van der Waals surface area contributed by atoms with Gasteiger partial charge < -0.3 is 4.74 Å². The molecule has 2 atom stereocenters. The summed E-state index contributed by atoms with van der Waals surface area (Å²) in [5.74, 6) is 0.685. The van der Waals surface area contributed by atoms with Crippen LogP contribution in [0.25, 0.3) is 0 Å². The van der Waals surface area contributed by atoms with Crippen LogP contribution in [0.1, 0.15) is 12.8 Å². The first-order chi connectivity index (χ1) is 5.92. The summed E-state index contributed by atoms with van der Waals surface area (Å²) in [4.78, 5) is 2.25. The van der Waals surface area contributed by atoms with Crippen LogP contribution in [-0.4, -0.2) is 43.9 Å². The lowest BCUT2D eigenvalue weighted by Gasteiger charge is -2.35. The molecular weight excluding hydrogens is 157 g/mol. The van der Waals surface area contributed by atoms with Crippen LogP contribution in [0.2, 0.25) is 0 Å². The molecule has 0 aromatic heterocycles. The van der Waals surface area contributed by atoms with E-state index in [1.165, 1.54) is 12.8 Å². The van der Waals surface area contributed by atoms with Gasteiger partial charge in [0.05, 0.1) is 13.2 Å². The minimum absolute atomic E-state index is 0.219. The minimum Gasteiger partial charge on any atom is -0.379 e. The largest absolute Gasteiger partial charge is 0.379 e. The van der Waals surface area contributed by atoms with Gasteiger partial charge in [-0.15, -0.1) is 0 Å². The summed E-state index contributed by atoms with van der Waals surface area (Å²) in [6.07, 6.45) is 2.48. The molecule has 2 heterocycles. The second-order valence-corrected chi connectivity index (χ2v) is 3.73. The van der Waals surface area contributed by atoms with Gasteiger partial charge in [0.15, 0.2) is 0 Å². The summed E-state index contributed by atoms with van der Waals surface area (Å²) in [7, 11) is 0. The maximum Gasteiger partial charge on any atom is 0.102 e. The molecule has 0 aliphatic carbocycles. The highest BCUT2D eigenvalue weighted by molar-refractivity contribution is 4.87. The Bertz CT molecular complexity index is 151. The Labute approximate surface area is 72.7 Å². The molecule has 2 saturated heterocycles. The van der Waals surface area contributed by atoms with Crippen molar-refractivity contribution >= 4 is 0 Å². The Morgan fingerprint density at radius 2 is 2.33 bits per heavy atom. The van der Waals surface area contributed by atoms with Crippen molar-refractivity contribution in [1.82, 2.24) is 4.90 Å². The third-order valence-electron chi connectivity index (χ3n) is 3.03. The summed E-state index contributed by atoms with van der Waals surface area (Å²) in [6, 6.07) is 0.523. The lowest BCUT2D eigenvalue weighted by molar-refractivity contribution is 0.109. The van der Waals surface area contributed by atoms with E-state index in [0.717, 1.165) is 19.8 Å². The smallest absolute Gasteiger partial charge is 0.102 e. The summed E-state index contributed by atoms with van der Waals surface area (Å²) < 4.78 is 17.6. The van der Waals surface area contributed by atoms with Gasteiger partial charge in [-0.25, -0.2) is 4.39 Å². The van der Waals surface area contributed by atoms with E-state index in [1.807, 2.05) is 0 Å². The average Bonchev–Trinajstić information content (AvgIpc) is 2.53. The normalized spacial score (nSPS) is 36.8. The number of halogens is 1. The molecule has 2 nitrogen and oxygen atoms in total. The van der Waals surface area contributed by atoms with Crippen molar-refractivity contribution in [3.63, 3.8) is 0 Å². The molecule has 3 heteroatoms. The van der Waals surface area contributed by atoms with Crippen molar-refractivity contribution in [2.75, 3.05) is 33.0 Å². The molecule has 0 saturated carbocycles. The van der Waals surface area contributed by atoms with Gasteiger partial charge in [0.2, 0.25) is 0 Å². The number of ether oxygens (including phenoxy) is 1. The van der Waals surface area contributed by atoms with Crippen molar-refractivity contribution in [2.24, 2.45) is 5.92 Å². The first-order valence-electron chi connectivity index (χ1n) is 4.79. The van der Waals surface area contributed by atoms with E-state index in [-0.39, 0.29) is 6.67 Å². The average molecular weight is 173 g/mol. The lowest BCUT2D eigenvalue weighted by atomic mass is 9.92. The minimum atomic E-state index is -0.219. The molecule has 70 valence electrons. The van der Waals surface area contributed by atoms with Gasteiger partial charge in [-0.2, -0.15) is 0 Å². The van der Waals surface area contributed by atoms with Crippen LogP contribution < -0.4 is 0 Å². The zero-order chi connectivity index (χ0) is 8.39. The summed E-state index contributed by atoms with van der Waals surface area (Å²) >= 11 is 0. The molecule has 2 rings (SSSR count). The highest BCUT2D eigenvalue weighted by Crippen LogP contribution is 2.28. The molecule has 0 spiro atoms. The quantitative estimate of drug-likeness (QED) is 0.619. The summed E-state index contributed by atoms with van der Waals surface area (Å²) in [5.41, 5.74) is 0. The highest BCUT2D eigenvalue weighted by Gasteiger charge is 2.35. The van der Waals surface area contributed by atoms with Crippen LogP contribution >= 0.6 is 0 Å². The SMILES string of the molecule is FCCN1CCC[C@H]2COC[C@H]21. The molecule has 0 amide bonds. The fourth-order valence-corrected chi connectivity index (χ4v) is 2.38. The third-order valence-corrected chi connectivity index (χ3v) is 3.03. The molecule has 0 unspecified atom stereocenters. The molecule has 0 bridgehead atoms. The first-order valence-corrected chi connectivity index (χ1v) is 4.79. The second-order valence-electron chi connectivity index (χ2n) is 3.73. The maximum atomic E-state index is 12.2. The van der Waals surface area contributed by atoms with Crippen LogP contribution in [0.15, 0.2) is 0 Å². The van der Waals surface area contributed by atoms with E-state index in [2.05, 4.69) is 4.90 Å². The van der Waals surface area contributed by atoms with E-state index >= 15 is 0 Å². The van der Waals surface area contributed by atoms with Gasteiger partial charge in [-0.3, -0.25) is 4.90 Å². The van der Waals surface area contributed by atoms with Crippen LogP contribution in [0.4, 0.5) is 4.39 Å². The third kappa shape index (κ3) is 1.48. The highest BCUT2D eigenvalue weighted by atomic mass is 19.1. The zero-order valence-corrected chi connectivity index (χ0v) is 7.34. The number of nitrogens with zero attached hydrogens (tertiary/aromatic N) is 1. The molecule has 2 fully saturated rings. The van der Waals surface area contributed by atoms with Crippen molar-refractivity contribution < 1.29 is 9.13 Å². The molecule has 0 aromatic carbocycles. The standard InChI is InChI=1S/C9H16FNO/c10-3-5-11-4-1-2-8-6-12-7-9(8)11/h8-9H,1-7H2/t8-,9+/m0/s1. The lowest BCUT2D eigenvalue weighted by Crippen LogP contribution is -2.45. The molecule has 0 N–H and O–H groups in total. The molecule has 0 aromatic rings. The van der Waals surface area contributed by atoms with Gasteiger partial charge in [-0.05, 0) is 19.4 Å². The van der Waals surface area contributed by atoms with Crippen molar-refractivity contribution in [2.45, 2.75) is 18.9 Å². The Morgan fingerprint density at radius 3 is 3.17 bits per heavy atom. The number of piperidine rings is 1. The monoisotopic (exact) mass is 173 g/mol. The number of alkyl halides is 1. The summed E-state index contributed by atoms with van der Waals surface area (Å²) in [6.45, 7) is 3.17. The van der Waals surface area contributed by atoms with Crippen molar-refractivity contribution in [3.05, 3.63) is 0 Å². The van der Waals surface area contributed by atoms with Crippen molar-refractivity contribution in [1.29, 1.82) is 0 Å². The number of rotatable bonds is 2. The van der Waals surface area contributed by atoms with E-state index in [9.17, 15) is 4.39 Å². The van der Waals surface area contributed by atoms with Crippen LogP contribution in [0, 0.1) is 5.92 Å². The molecule has 2 aliphatic rings. The fraction of sp³-hybridized carbons (Fsp3) is 1.00. The van der Waals surface area contributed by atoms with E-state index < -0.39 is 0 Å². The number of likely N-dealkylation sites (tertiary alicyclic amines) is 1. The Hall–Kier alpha value is -0.150. The number of fused-ring (bicyclic) bond motifs is 1. The zero-order valence-electron chi connectivity index (χ0n) is 7.34. The van der Waals surface area contributed by atoms with Gasteiger partial charge >= 0.3 is 0 Å².